The molecule has 6 heteroatoms. The van der Waals surface area contributed by atoms with Crippen LogP contribution in [0, 0.1) is 0 Å². The van der Waals surface area contributed by atoms with Gasteiger partial charge in [0.15, 0.2) is 5.11 Å². The van der Waals surface area contributed by atoms with Crippen molar-refractivity contribution >= 4 is 23.3 Å². The molecule has 0 bridgehead atoms. The number of esters is 1. The number of carbonyl (C=O) groups excluding carboxylic acids is 1. The minimum absolute atomic E-state index is 0.240. The number of thiocarbonyl (C=S) groups is 1. The molecule has 0 rings (SSSR count). The number of nitrogens with one attached hydrogen (secondary N) is 1. The summed E-state index contributed by atoms with van der Waals surface area (Å²) in [6.07, 6.45) is 0.316. The lowest BCUT2D eigenvalue weighted by Gasteiger charge is -2.30. The van der Waals surface area contributed by atoms with Crippen LogP contribution in [0.3, 0.4) is 0 Å². The van der Waals surface area contributed by atoms with E-state index in [1.54, 1.807) is 12.1 Å². The van der Waals surface area contributed by atoms with Crippen LogP contribution in [-0.2, 0) is 9.53 Å². The van der Waals surface area contributed by atoms with Gasteiger partial charge < -0.3 is 10.1 Å². The molecule has 0 aromatic carbocycles. The molecule has 0 fully saturated rings. The number of hydrogen-bond donors (Lipinski definition) is 1. The van der Waals surface area contributed by atoms with Crippen molar-refractivity contribution in [3.05, 3.63) is 0 Å². The zero-order valence-corrected chi connectivity index (χ0v) is 9.85. The van der Waals surface area contributed by atoms with E-state index >= 15 is 0 Å². The molecule has 0 aliphatic rings. The molecule has 0 unspecified atom stereocenters. The van der Waals surface area contributed by atoms with Gasteiger partial charge in [-0.3, -0.25) is 9.80 Å². The van der Waals surface area contributed by atoms with E-state index in [2.05, 4.69) is 10.1 Å². The molecule has 0 spiro atoms. The molecule has 0 aliphatic heterocycles. The number of hydrazine groups is 1. The number of ether oxygens (including phenoxy) is 1. The molecule has 5 nitrogen and oxygen atoms in total. The molecule has 0 aliphatic carbocycles. The van der Waals surface area contributed by atoms with Crippen LogP contribution in [0.5, 0.6) is 0 Å². The third-order valence-corrected chi connectivity index (χ3v) is 2.10. The smallest absolute Gasteiger partial charge is 0.307 e. The Morgan fingerprint density at radius 1 is 1.50 bits per heavy atom. The number of hydrogen-bond acceptors (Lipinski definition) is 4. The molecule has 0 atom stereocenters. The molecule has 82 valence electrons. The summed E-state index contributed by atoms with van der Waals surface area (Å²) in [7, 11) is 6.84. The Bertz CT molecular complexity index is 209. The summed E-state index contributed by atoms with van der Waals surface area (Å²) in [4.78, 5) is 10.9. The fraction of sp³-hybridized carbons (Fsp3) is 0.750. The minimum Gasteiger partial charge on any atom is -0.469 e. The molecule has 0 aromatic rings. The fourth-order valence-electron chi connectivity index (χ4n) is 0.912. The van der Waals surface area contributed by atoms with E-state index in [0.717, 1.165) is 0 Å². The van der Waals surface area contributed by atoms with Crippen molar-refractivity contribution in [3.63, 3.8) is 0 Å². The van der Waals surface area contributed by atoms with E-state index in [1.807, 2.05) is 19.1 Å². The zero-order chi connectivity index (χ0) is 11.1. The highest BCUT2D eigenvalue weighted by Gasteiger charge is 2.12. The Labute approximate surface area is 90.0 Å². The summed E-state index contributed by atoms with van der Waals surface area (Å²) in [5, 5.41) is 7.04. The van der Waals surface area contributed by atoms with E-state index in [4.69, 9.17) is 12.2 Å². The van der Waals surface area contributed by atoms with Gasteiger partial charge in [0.1, 0.15) is 0 Å². The SMILES string of the molecule is CNC(=S)N(CCC(=O)OC)N(C)C. The maximum atomic E-state index is 10.9. The lowest BCUT2D eigenvalue weighted by molar-refractivity contribution is -0.141. The number of methoxy groups -OCH3 is 1. The summed E-state index contributed by atoms with van der Waals surface area (Å²) in [6, 6.07) is 0. The van der Waals surface area contributed by atoms with Gasteiger partial charge in [0.05, 0.1) is 13.5 Å². The monoisotopic (exact) mass is 219 g/mol. The molecule has 14 heavy (non-hydrogen) atoms. The van der Waals surface area contributed by atoms with Crippen LogP contribution in [0.2, 0.25) is 0 Å². The van der Waals surface area contributed by atoms with Crippen molar-refractivity contribution in [3.8, 4) is 0 Å². The van der Waals surface area contributed by atoms with Crippen LogP contribution in [0.15, 0.2) is 0 Å². The molecule has 0 saturated heterocycles. The first-order valence-corrected chi connectivity index (χ1v) is 4.67. The van der Waals surface area contributed by atoms with Crippen molar-refractivity contribution in [2.24, 2.45) is 0 Å². The molecule has 0 amide bonds. The molecule has 0 aromatic heterocycles. The first-order chi connectivity index (χ1) is 6.52. The van der Waals surface area contributed by atoms with Gasteiger partial charge in [0.25, 0.3) is 0 Å². The van der Waals surface area contributed by atoms with Crippen molar-refractivity contribution < 1.29 is 9.53 Å². The van der Waals surface area contributed by atoms with Gasteiger partial charge in [-0.1, -0.05) is 0 Å². The Morgan fingerprint density at radius 2 is 2.07 bits per heavy atom. The first-order valence-electron chi connectivity index (χ1n) is 4.26. The van der Waals surface area contributed by atoms with Gasteiger partial charge in [-0.05, 0) is 12.2 Å². The van der Waals surface area contributed by atoms with Crippen LogP contribution in [0.4, 0.5) is 0 Å². The van der Waals surface area contributed by atoms with Gasteiger partial charge >= 0.3 is 5.97 Å². The van der Waals surface area contributed by atoms with E-state index in [9.17, 15) is 4.79 Å². The summed E-state index contributed by atoms with van der Waals surface area (Å²) in [5.74, 6) is -0.240. The predicted molar refractivity (Wildman–Crippen MR) is 58.7 cm³/mol. The van der Waals surface area contributed by atoms with Gasteiger partial charge in [-0.15, -0.1) is 0 Å². The largest absolute Gasteiger partial charge is 0.469 e. The Hall–Kier alpha value is -0.880. The second kappa shape index (κ2) is 6.56. The summed E-state index contributed by atoms with van der Waals surface area (Å²) >= 11 is 5.06. The quantitative estimate of drug-likeness (QED) is 0.402. The average Bonchev–Trinajstić information content (AvgIpc) is 2.16. The van der Waals surface area contributed by atoms with Crippen LogP contribution in [-0.4, -0.2) is 55.9 Å². The van der Waals surface area contributed by atoms with Crippen molar-refractivity contribution in [2.75, 3.05) is 34.8 Å². The number of carbonyl (C=O) groups is 1. The zero-order valence-electron chi connectivity index (χ0n) is 9.03. The maximum Gasteiger partial charge on any atom is 0.307 e. The van der Waals surface area contributed by atoms with Crippen molar-refractivity contribution in [2.45, 2.75) is 6.42 Å². The van der Waals surface area contributed by atoms with E-state index < -0.39 is 0 Å². The minimum atomic E-state index is -0.240. The highest BCUT2D eigenvalue weighted by molar-refractivity contribution is 7.80. The normalized spacial score (nSPS) is 9.79. The van der Waals surface area contributed by atoms with E-state index in [-0.39, 0.29) is 5.97 Å². The van der Waals surface area contributed by atoms with Crippen LogP contribution >= 0.6 is 12.2 Å². The third-order valence-electron chi connectivity index (χ3n) is 1.69. The first kappa shape index (κ1) is 13.1. The van der Waals surface area contributed by atoms with E-state index in [1.165, 1.54) is 7.11 Å². The highest BCUT2D eigenvalue weighted by Crippen LogP contribution is 1.96. The second-order valence-corrected chi connectivity index (χ2v) is 3.24. The van der Waals surface area contributed by atoms with Gasteiger partial charge in [0, 0.05) is 27.7 Å². The van der Waals surface area contributed by atoms with Gasteiger partial charge in [-0.25, -0.2) is 5.01 Å². The lowest BCUT2D eigenvalue weighted by atomic mass is 10.4. The third kappa shape index (κ3) is 4.38. The van der Waals surface area contributed by atoms with Crippen LogP contribution < -0.4 is 5.32 Å². The average molecular weight is 219 g/mol. The highest BCUT2D eigenvalue weighted by atomic mass is 32.1. The number of nitrogens with zero attached hydrogens (tertiary/aromatic N) is 2. The second-order valence-electron chi connectivity index (χ2n) is 2.85. The Kier molecular flexibility index (Phi) is 6.14. The lowest BCUT2D eigenvalue weighted by Crippen LogP contribution is -2.47. The number of rotatable bonds is 4. The molecule has 0 saturated carbocycles. The molecule has 0 radical (unpaired) electrons. The summed E-state index contributed by atoms with van der Waals surface area (Å²) in [6.45, 7) is 0.513. The van der Waals surface area contributed by atoms with Crippen LogP contribution in [0.25, 0.3) is 0 Å². The molecule has 0 heterocycles. The Balaban J connectivity index is 4.11. The van der Waals surface area contributed by atoms with Crippen molar-refractivity contribution in [1.29, 1.82) is 0 Å². The van der Waals surface area contributed by atoms with E-state index in [0.29, 0.717) is 18.1 Å². The van der Waals surface area contributed by atoms with Crippen LogP contribution in [0.1, 0.15) is 6.42 Å². The molecule has 1 N–H and O–H groups in total. The molecular formula is C8H17N3O2S. The standard InChI is InChI=1S/C8H17N3O2S/c1-9-8(14)11(10(2)3)6-5-7(12)13-4/h5-6H2,1-4H3,(H,9,14). The predicted octanol–water partition coefficient (Wildman–Crippen LogP) is -0.168. The van der Waals surface area contributed by atoms with Gasteiger partial charge in [-0.2, -0.15) is 0 Å². The molecular weight excluding hydrogens is 202 g/mol. The fourth-order valence-corrected chi connectivity index (χ4v) is 1.17. The van der Waals surface area contributed by atoms with Crippen molar-refractivity contribution in [1.82, 2.24) is 15.3 Å². The van der Waals surface area contributed by atoms with Gasteiger partial charge in [0.2, 0.25) is 0 Å². The summed E-state index contributed by atoms with van der Waals surface area (Å²) in [5.41, 5.74) is 0. The maximum absolute atomic E-state index is 10.9. The summed E-state index contributed by atoms with van der Waals surface area (Å²) < 4.78 is 4.55. The Morgan fingerprint density at radius 3 is 2.43 bits per heavy atom. The topological polar surface area (TPSA) is 44.8 Å².